The summed E-state index contributed by atoms with van der Waals surface area (Å²) >= 11 is 4.54. The Hall–Kier alpha value is -3.67. The standard InChI is InChI=1S/C27H24N6O2S3/c1-16-5-4-6-18(13-16)25(35)29-19-9-7-17(8-10-19)24-31-32-26(33(24)2)37-15-23(34)28-20-11-12-21-22(14-20)38-27(30-21)36-3/h4-14H,15H2,1-3H3,(H,28,34)(H,29,35). The van der Waals surface area contributed by atoms with Gasteiger partial charge < -0.3 is 15.2 Å². The molecule has 0 saturated carbocycles. The third kappa shape index (κ3) is 5.90. The number of carbonyl (C=O) groups is 2. The van der Waals surface area contributed by atoms with Crippen LogP contribution in [0, 0.1) is 6.92 Å². The van der Waals surface area contributed by atoms with Crippen LogP contribution in [0.1, 0.15) is 15.9 Å². The maximum atomic E-state index is 12.6. The van der Waals surface area contributed by atoms with E-state index in [-0.39, 0.29) is 17.6 Å². The van der Waals surface area contributed by atoms with E-state index in [4.69, 9.17) is 0 Å². The number of fused-ring (bicyclic) bond motifs is 1. The van der Waals surface area contributed by atoms with Crippen LogP contribution in [0.25, 0.3) is 21.6 Å². The van der Waals surface area contributed by atoms with Crippen molar-refractivity contribution in [2.75, 3.05) is 22.6 Å². The molecule has 2 amide bonds. The molecule has 0 aliphatic heterocycles. The summed E-state index contributed by atoms with van der Waals surface area (Å²) in [6.07, 6.45) is 2.00. The first-order valence-electron chi connectivity index (χ1n) is 11.6. The SMILES string of the molecule is CSc1nc2ccc(NC(=O)CSc3nnc(-c4ccc(NC(=O)c5cccc(C)c5)cc4)n3C)cc2s1. The summed E-state index contributed by atoms with van der Waals surface area (Å²) in [6, 6.07) is 20.6. The average Bonchev–Trinajstić information content (AvgIpc) is 3.50. The molecule has 11 heteroatoms. The van der Waals surface area contributed by atoms with Gasteiger partial charge in [-0.25, -0.2) is 4.98 Å². The Morgan fingerprint density at radius 1 is 0.974 bits per heavy atom. The minimum atomic E-state index is -0.159. The summed E-state index contributed by atoms with van der Waals surface area (Å²) in [5.74, 6) is 0.591. The first kappa shape index (κ1) is 26.0. The number of aryl methyl sites for hydroxylation is 1. The first-order chi connectivity index (χ1) is 18.4. The number of thiazole rings is 1. The molecule has 192 valence electrons. The average molecular weight is 561 g/mol. The maximum absolute atomic E-state index is 12.6. The fourth-order valence-corrected chi connectivity index (χ4v) is 6.02. The largest absolute Gasteiger partial charge is 0.325 e. The summed E-state index contributed by atoms with van der Waals surface area (Å²) in [7, 11) is 1.87. The van der Waals surface area contributed by atoms with E-state index in [2.05, 4.69) is 25.8 Å². The molecule has 0 unspecified atom stereocenters. The van der Waals surface area contributed by atoms with E-state index in [0.717, 1.165) is 31.4 Å². The molecule has 0 radical (unpaired) electrons. The highest BCUT2D eigenvalue weighted by molar-refractivity contribution is 8.00. The van der Waals surface area contributed by atoms with Gasteiger partial charge in [0.1, 0.15) is 0 Å². The highest BCUT2D eigenvalue weighted by Gasteiger charge is 2.14. The van der Waals surface area contributed by atoms with Gasteiger partial charge in [0.25, 0.3) is 5.91 Å². The van der Waals surface area contributed by atoms with Gasteiger partial charge in [0.15, 0.2) is 15.3 Å². The first-order valence-corrected chi connectivity index (χ1v) is 14.7. The number of anilines is 2. The van der Waals surface area contributed by atoms with Gasteiger partial charge in [0, 0.05) is 29.5 Å². The summed E-state index contributed by atoms with van der Waals surface area (Å²) in [4.78, 5) is 29.6. The van der Waals surface area contributed by atoms with Gasteiger partial charge in [0.2, 0.25) is 5.91 Å². The highest BCUT2D eigenvalue weighted by atomic mass is 32.2. The van der Waals surface area contributed by atoms with Crippen LogP contribution in [0.5, 0.6) is 0 Å². The Balaban J connectivity index is 1.19. The van der Waals surface area contributed by atoms with E-state index in [1.54, 1.807) is 29.2 Å². The predicted octanol–water partition coefficient (Wildman–Crippen LogP) is 6.11. The van der Waals surface area contributed by atoms with Gasteiger partial charge in [-0.3, -0.25) is 9.59 Å². The van der Waals surface area contributed by atoms with E-state index < -0.39 is 0 Å². The number of benzene rings is 3. The van der Waals surface area contributed by atoms with Gasteiger partial charge in [-0.1, -0.05) is 41.2 Å². The molecule has 0 atom stereocenters. The van der Waals surface area contributed by atoms with Crippen LogP contribution >= 0.6 is 34.9 Å². The summed E-state index contributed by atoms with van der Waals surface area (Å²) in [5.41, 5.74) is 4.86. The zero-order valence-electron chi connectivity index (χ0n) is 20.9. The smallest absolute Gasteiger partial charge is 0.255 e. The van der Waals surface area contributed by atoms with Crippen LogP contribution in [0.4, 0.5) is 11.4 Å². The molecule has 2 aromatic heterocycles. The Kier molecular flexibility index (Phi) is 7.77. The van der Waals surface area contributed by atoms with Crippen LogP contribution in [-0.4, -0.2) is 43.6 Å². The highest BCUT2D eigenvalue weighted by Crippen LogP contribution is 2.30. The van der Waals surface area contributed by atoms with Gasteiger partial charge in [0.05, 0.1) is 16.0 Å². The van der Waals surface area contributed by atoms with E-state index in [0.29, 0.717) is 22.2 Å². The predicted molar refractivity (Wildman–Crippen MR) is 156 cm³/mol. The zero-order chi connectivity index (χ0) is 26.6. The summed E-state index contributed by atoms with van der Waals surface area (Å²) in [6.45, 7) is 1.95. The van der Waals surface area contributed by atoms with E-state index >= 15 is 0 Å². The van der Waals surface area contributed by atoms with Gasteiger partial charge >= 0.3 is 0 Å². The number of carbonyl (C=O) groups excluding carboxylic acids is 2. The second-order valence-corrected chi connectivity index (χ2v) is 11.5. The van der Waals surface area contributed by atoms with Gasteiger partial charge in [-0.2, -0.15) is 0 Å². The number of nitrogens with zero attached hydrogens (tertiary/aromatic N) is 4. The molecule has 0 aliphatic carbocycles. The lowest BCUT2D eigenvalue weighted by Gasteiger charge is -2.08. The fraction of sp³-hybridized carbons (Fsp3) is 0.148. The molecular weight excluding hydrogens is 537 g/mol. The summed E-state index contributed by atoms with van der Waals surface area (Å²) in [5, 5.41) is 15.1. The number of thioether (sulfide) groups is 2. The minimum Gasteiger partial charge on any atom is -0.325 e. The lowest BCUT2D eigenvalue weighted by Crippen LogP contribution is -2.14. The van der Waals surface area contributed by atoms with Crippen molar-refractivity contribution in [2.24, 2.45) is 7.05 Å². The molecular formula is C27H24N6O2S3. The van der Waals surface area contributed by atoms with Crippen molar-refractivity contribution in [1.29, 1.82) is 0 Å². The van der Waals surface area contributed by atoms with Crippen molar-refractivity contribution in [1.82, 2.24) is 19.7 Å². The topological polar surface area (TPSA) is 102 Å². The Labute approximate surface area is 232 Å². The van der Waals surface area contributed by atoms with Crippen LogP contribution in [0.3, 0.4) is 0 Å². The van der Waals surface area contributed by atoms with E-state index in [1.807, 2.05) is 85.5 Å². The number of amides is 2. The molecule has 3 aromatic carbocycles. The van der Waals surface area contributed by atoms with Crippen LogP contribution in [0.15, 0.2) is 76.2 Å². The molecule has 5 rings (SSSR count). The fourth-order valence-electron chi connectivity index (χ4n) is 3.78. The zero-order valence-corrected chi connectivity index (χ0v) is 23.3. The summed E-state index contributed by atoms with van der Waals surface area (Å²) < 4.78 is 3.89. The molecule has 0 bridgehead atoms. The van der Waals surface area contributed by atoms with Crippen LogP contribution < -0.4 is 10.6 Å². The second kappa shape index (κ2) is 11.4. The third-order valence-electron chi connectivity index (χ3n) is 5.68. The quantitative estimate of drug-likeness (QED) is 0.221. The molecule has 0 aliphatic rings. The lowest BCUT2D eigenvalue weighted by molar-refractivity contribution is -0.113. The number of hydrogen-bond acceptors (Lipinski definition) is 8. The molecule has 38 heavy (non-hydrogen) atoms. The van der Waals surface area contributed by atoms with Crippen LogP contribution in [-0.2, 0) is 11.8 Å². The van der Waals surface area contributed by atoms with Gasteiger partial charge in [-0.05, 0) is 67.8 Å². The van der Waals surface area contributed by atoms with Crippen molar-refractivity contribution in [2.45, 2.75) is 16.4 Å². The van der Waals surface area contributed by atoms with Crippen molar-refractivity contribution in [3.05, 3.63) is 77.9 Å². The number of aromatic nitrogens is 4. The number of hydrogen-bond donors (Lipinski definition) is 2. The Morgan fingerprint density at radius 3 is 2.53 bits per heavy atom. The molecule has 0 saturated heterocycles. The second-order valence-electron chi connectivity index (χ2n) is 8.47. The minimum absolute atomic E-state index is 0.123. The molecule has 8 nitrogen and oxygen atoms in total. The molecule has 0 spiro atoms. The van der Waals surface area contributed by atoms with Crippen LogP contribution in [0.2, 0.25) is 0 Å². The van der Waals surface area contributed by atoms with Gasteiger partial charge in [-0.15, -0.1) is 21.5 Å². The van der Waals surface area contributed by atoms with E-state index in [9.17, 15) is 9.59 Å². The molecule has 0 fully saturated rings. The normalized spacial score (nSPS) is 11.0. The monoisotopic (exact) mass is 560 g/mol. The van der Waals surface area contributed by atoms with Crippen molar-refractivity contribution >= 4 is 68.3 Å². The van der Waals surface area contributed by atoms with Crippen molar-refractivity contribution < 1.29 is 9.59 Å². The van der Waals surface area contributed by atoms with Crippen molar-refractivity contribution in [3.63, 3.8) is 0 Å². The number of nitrogens with one attached hydrogen (secondary N) is 2. The van der Waals surface area contributed by atoms with Crippen molar-refractivity contribution in [3.8, 4) is 11.4 Å². The molecule has 5 aromatic rings. The molecule has 2 N–H and O–H groups in total. The Morgan fingerprint density at radius 2 is 1.76 bits per heavy atom. The number of rotatable bonds is 8. The van der Waals surface area contributed by atoms with E-state index in [1.165, 1.54) is 11.8 Å². The maximum Gasteiger partial charge on any atom is 0.255 e. The Bertz CT molecular complexity index is 1630. The lowest BCUT2D eigenvalue weighted by atomic mass is 10.1. The third-order valence-corrected chi connectivity index (χ3v) is 8.70. The molecule has 2 heterocycles.